The molecule has 7 heteroatoms. The third kappa shape index (κ3) is 2.48. The molecule has 2 saturated heterocycles. The summed E-state index contributed by atoms with van der Waals surface area (Å²) in [6.07, 6.45) is 1.43. The number of morpholine rings is 1. The summed E-state index contributed by atoms with van der Waals surface area (Å²) >= 11 is 0. The molecule has 1 N–H and O–H groups in total. The molecule has 1 unspecified atom stereocenters. The first-order valence-electron chi connectivity index (χ1n) is 7.97. The average Bonchev–Trinajstić information content (AvgIpc) is 3.21. The highest BCUT2D eigenvalue weighted by molar-refractivity contribution is 5.92. The number of nitrogens with zero attached hydrogens (tertiary/aromatic N) is 3. The van der Waals surface area contributed by atoms with Gasteiger partial charge in [0, 0.05) is 32.2 Å². The van der Waals surface area contributed by atoms with Crippen molar-refractivity contribution in [2.24, 2.45) is 11.8 Å². The molecule has 1 aromatic heterocycles. The van der Waals surface area contributed by atoms with E-state index in [9.17, 15) is 9.90 Å². The van der Waals surface area contributed by atoms with Gasteiger partial charge in [0.25, 0.3) is 5.91 Å². The number of hydrogen-bond donors (Lipinski definition) is 1. The third-order valence-electron chi connectivity index (χ3n) is 5.06. The van der Waals surface area contributed by atoms with Crippen LogP contribution in [-0.2, 0) is 4.74 Å². The van der Waals surface area contributed by atoms with E-state index >= 15 is 0 Å². The van der Waals surface area contributed by atoms with Crippen LogP contribution in [0.4, 0.5) is 5.82 Å². The van der Waals surface area contributed by atoms with Gasteiger partial charge in [0.2, 0.25) is 5.76 Å². The number of aliphatic hydroxyl groups excluding tert-OH is 1. The van der Waals surface area contributed by atoms with Crippen LogP contribution >= 0.6 is 0 Å². The number of carbonyl (C=O) groups excluding carboxylic acids is 1. The van der Waals surface area contributed by atoms with Gasteiger partial charge >= 0.3 is 0 Å². The van der Waals surface area contributed by atoms with Gasteiger partial charge in [-0.3, -0.25) is 4.79 Å². The summed E-state index contributed by atoms with van der Waals surface area (Å²) in [6.45, 7) is 4.32. The zero-order valence-electron chi connectivity index (χ0n) is 12.5. The van der Waals surface area contributed by atoms with E-state index in [4.69, 9.17) is 9.26 Å². The van der Waals surface area contributed by atoms with Crippen LogP contribution in [-0.4, -0.2) is 66.6 Å². The van der Waals surface area contributed by atoms with Crippen LogP contribution in [0, 0.1) is 11.8 Å². The predicted octanol–water partition coefficient (Wildman–Crippen LogP) is 0.354. The van der Waals surface area contributed by atoms with Crippen molar-refractivity contribution in [1.29, 1.82) is 0 Å². The summed E-state index contributed by atoms with van der Waals surface area (Å²) in [5.74, 6) is 1.79. The highest BCUT2D eigenvalue weighted by Crippen LogP contribution is 2.38. The molecule has 1 aromatic rings. The number of anilines is 1. The number of carbonyl (C=O) groups is 1. The quantitative estimate of drug-likeness (QED) is 0.849. The number of hydrogen-bond acceptors (Lipinski definition) is 6. The maximum Gasteiger partial charge on any atom is 0.292 e. The lowest BCUT2D eigenvalue weighted by molar-refractivity contribution is 0.0724. The largest absolute Gasteiger partial charge is 0.393 e. The minimum absolute atomic E-state index is 0.0871. The molecule has 120 valence electrons. The Balaban J connectivity index is 1.42. The van der Waals surface area contributed by atoms with Gasteiger partial charge in [-0.15, -0.1) is 0 Å². The summed E-state index contributed by atoms with van der Waals surface area (Å²) in [5.41, 5.74) is 0. The van der Waals surface area contributed by atoms with Crippen LogP contribution in [0.3, 0.4) is 0 Å². The SMILES string of the molecule is O=C(c1cc(N2CCOCC2)no1)N1C[C@H]2CC(O)C[C@H]2C1. The molecule has 0 bridgehead atoms. The minimum atomic E-state index is -0.189. The first-order valence-corrected chi connectivity index (χ1v) is 7.97. The zero-order valence-corrected chi connectivity index (χ0v) is 12.5. The second-order valence-corrected chi connectivity index (χ2v) is 6.50. The normalized spacial score (nSPS) is 31.6. The van der Waals surface area contributed by atoms with E-state index in [1.54, 1.807) is 6.07 Å². The Morgan fingerprint density at radius 2 is 1.91 bits per heavy atom. The van der Waals surface area contributed by atoms with Gasteiger partial charge in [0.05, 0.1) is 19.3 Å². The van der Waals surface area contributed by atoms with Crippen molar-refractivity contribution in [3.63, 3.8) is 0 Å². The Morgan fingerprint density at radius 1 is 1.23 bits per heavy atom. The second kappa shape index (κ2) is 5.55. The summed E-state index contributed by atoms with van der Waals surface area (Å²) < 4.78 is 10.6. The molecule has 1 aliphatic carbocycles. The van der Waals surface area contributed by atoms with E-state index in [1.165, 1.54) is 0 Å². The molecule has 1 amide bonds. The number of amides is 1. The molecule has 0 radical (unpaired) electrons. The molecule has 7 nitrogen and oxygen atoms in total. The van der Waals surface area contributed by atoms with Gasteiger partial charge in [-0.1, -0.05) is 5.16 Å². The molecular formula is C15H21N3O4. The molecule has 22 heavy (non-hydrogen) atoms. The van der Waals surface area contributed by atoms with Crippen molar-refractivity contribution >= 4 is 11.7 Å². The maximum absolute atomic E-state index is 12.5. The third-order valence-corrected chi connectivity index (χ3v) is 5.06. The van der Waals surface area contributed by atoms with Crippen LogP contribution in [0.25, 0.3) is 0 Å². The standard InChI is InChI=1S/C15H21N3O4/c19-12-5-10-8-18(9-11(10)6-12)15(20)13-7-14(16-22-13)17-1-3-21-4-2-17/h7,10-12,19H,1-6,8-9H2/t10-,11+,12?. The van der Waals surface area contributed by atoms with Crippen LogP contribution in [0.1, 0.15) is 23.4 Å². The molecule has 4 rings (SSSR count). The van der Waals surface area contributed by atoms with Gasteiger partial charge in [0.1, 0.15) is 0 Å². The Bertz CT molecular complexity index is 541. The molecule has 3 atom stereocenters. The van der Waals surface area contributed by atoms with E-state index in [2.05, 4.69) is 10.1 Å². The zero-order chi connectivity index (χ0) is 15.1. The van der Waals surface area contributed by atoms with E-state index < -0.39 is 0 Å². The van der Waals surface area contributed by atoms with Crippen molar-refractivity contribution in [2.75, 3.05) is 44.3 Å². The number of aromatic nitrogens is 1. The molecule has 0 aromatic carbocycles. The number of aliphatic hydroxyl groups is 1. The maximum atomic E-state index is 12.5. The molecule has 2 aliphatic heterocycles. The van der Waals surface area contributed by atoms with Gasteiger partial charge < -0.3 is 24.2 Å². The van der Waals surface area contributed by atoms with Crippen molar-refractivity contribution in [2.45, 2.75) is 18.9 Å². The summed E-state index contributed by atoms with van der Waals surface area (Å²) in [6, 6.07) is 1.73. The Hall–Kier alpha value is -1.60. The van der Waals surface area contributed by atoms with Crippen LogP contribution in [0.5, 0.6) is 0 Å². The fourth-order valence-electron chi connectivity index (χ4n) is 3.90. The lowest BCUT2D eigenvalue weighted by atomic mass is 10.0. The summed E-state index contributed by atoms with van der Waals surface area (Å²) in [5, 5.41) is 13.7. The van der Waals surface area contributed by atoms with Gasteiger partial charge in [-0.2, -0.15) is 0 Å². The Labute approximate surface area is 128 Å². The first kappa shape index (κ1) is 14.0. The molecule has 0 spiro atoms. The molecule has 3 aliphatic rings. The van der Waals surface area contributed by atoms with Crippen molar-refractivity contribution < 1.29 is 19.2 Å². The Morgan fingerprint density at radius 3 is 2.59 bits per heavy atom. The molecule has 3 heterocycles. The lowest BCUT2D eigenvalue weighted by Crippen LogP contribution is -2.36. The van der Waals surface area contributed by atoms with Gasteiger partial charge in [0.15, 0.2) is 5.82 Å². The number of ether oxygens (including phenoxy) is 1. The predicted molar refractivity (Wildman–Crippen MR) is 77.7 cm³/mol. The summed E-state index contributed by atoms with van der Waals surface area (Å²) in [4.78, 5) is 16.4. The highest BCUT2D eigenvalue weighted by atomic mass is 16.5. The lowest BCUT2D eigenvalue weighted by Gasteiger charge is -2.25. The topological polar surface area (TPSA) is 79.0 Å². The molecule has 1 saturated carbocycles. The van der Waals surface area contributed by atoms with Crippen molar-refractivity contribution in [1.82, 2.24) is 10.1 Å². The van der Waals surface area contributed by atoms with Crippen molar-refractivity contribution in [3.05, 3.63) is 11.8 Å². The van der Waals surface area contributed by atoms with E-state index in [0.29, 0.717) is 49.7 Å². The van der Waals surface area contributed by atoms with Gasteiger partial charge in [-0.25, -0.2) is 0 Å². The monoisotopic (exact) mass is 307 g/mol. The van der Waals surface area contributed by atoms with E-state index in [1.807, 2.05) is 4.90 Å². The molecule has 3 fully saturated rings. The van der Waals surface area contributed by atoms with E-state index in [-0.39, 0.29) is 12.0 Å². The first-order chi connectivity index (χ1) is 10.7. The smallest absolute Gasteiger partial charge is 0.292 e. The van der Waals surface area contributed by atoms with Crippen LogP contribution in [0.15, 0.2) is 10.6 Å². The van der Waals surface area contributed by atoms with Crippen LogP contribution < -0.4 is 4.90 Å². The fraction of sp³-hybridized carbons (Fsp3) is 0.733. The molecular weight excluding hydrogens is 286 g/mol. The highest BCUT2D eigenvalue weighted by Gasteiger charge is 2.42. The Kier molecular flexibility index (Phi) is 3.54. The number of fused-ring (bicyclic) bond motifs is 1. The van der Waals surface area contributed by atoms with E-state index in [0.717, 1.165) is 25.9 Å². The average molecular weight is 307 g/mol. The number of rotatable bonds is 2. The van der Waals surface area contributed by atoms with Gasteiger partial charge in [-0.05, 0) is 24.7 Å². The minimum Gasteiger partial charge on any atom is -0.393 e. The fourth-order valence-corrected chi connectivity index (χ4v) is 3.90. The van der Waals surface area contributed by atoms with Crippen molar-refractivity contribution in [3.8, 4) is 0 Å². The summed E-state index contributed by atoms with van der Waals surface area (Å²) in [7, 11) is 0. The number of likely N-dealkylation sites (tertiary alicyclic amines) is 1. The van der Waals surface area contributed by atoms with Crippen LogP contribution in [0.2, 0.25) is 0 Å². The second-order valence-electron chi connectivity index (χ2n) is 6.50.